The second-order valence-electron chi connectivity index (χ2n) is 7.18. The standard InChI is InChI=1S/C19H22F3N3O4S/c1-2-15-23-14(19(20,21)22)10-16(26)25(15)7-8-29-12-5-3-11(4-6-12)9-13-17(27)24-18(28)30-13/h9-12H,2-8H2,1H3,(H,24,27,28)/b13-9+. The summed E-state index contributed by atoms with van der Waals surface area (Å²) in [6.07, 6.45) is 0.489. The molecule has 30 heavy (non-hydrogen) atoms. The average Bonchev–Trinajstić information content (AvgIpc) is 3.00. The van der Waals surface area contributed by atoms with Crippen LogP contribution in [0.25, 0.3) is 0 Å². The molecule has 0 atom stereocenters. The predicted octanol–water partition coefficient (Wildman–Crippen LogP) is 3.27. The maximum Gasteiger partial charge on any atom is 0.433 e. The molecule has 3 rings (SSSR count). The quantitative estimate of drug-likeness (QED) is 0.676. The third kappa shape index (κ3) is 5.51. The first-order chi connectivity index (χ1) is 14.2. The second-order valence-corrected chi connectivity index (χ2v) is 8.20. The first-order valence-electron chi connectivity index (χ1n) is 9.72. The number of imide groups is 1. The Morgan fingerprint density at radius 1 is 1.27 bits per heavy atom. The minimum absolute atomic E-state index is 0.0190. The maximum atomic E-state index is 12.8. The molecule has 7 nitrogen and oxygen atoms in total. The third-order valence-electron chi connectivity index (χ3n) is 5.11. The van der Waals surface area contributed by atoms with Gasteiger partial charge in [0.05, 0.1) is 24.2 Å². The number of aryl methyl sites for hydroxylation is 1. The number of thioether (sulfide) groups is 1. The molecule has 1 N–H and O–H groups in total. The zero-order valence-corrected chi connectivity index (χ0v) is 17.1. The van der Waals surface area contributed by atoms with Crippen LogP contribution in [0.5, 0.6) is 0 Å². The highest BCUT2D eigenvalue weighted by atomic mass is 32.2. The number of rotatable bonds is 6. The molecule has 1 aliphatic carbocycles. The Morgan fingerprint density at radius 2 is 1.97 bits per heavy atom. The third-order valence-corrected chi connectivity index (χ3v) is 5.94. The van der Waals surface area contributed by atoms with E-state index < -0.39 is 17.4 Å². The van der Waals surface area contributed by atoms with Crippen molar-refractivity contribution in [2.45, 2.75) is 57.9 Å². The van der Waals surface area contributed by atoms with Crippen LogP contribution in [-0.2, 0) is 28.7 Å². The van der Waals surface area contributed by atoms with E-state index in [-0.39, 0.29) is 48.6 Å². The molecule has 1 aromatic heterocycles. The fourth-order valence-electron chi connectivity index (χ4n) is 3.59. The molecule has 2 heterocycles. The van der Waals surface area contributed by atoms with E-state index in [1.54, 1.807) is 6.92 Å². The molecule has 0 bridgehead atoms. The van der Waals surface area contributed by atoms with Gasteiger partial charge in [0.15, 0.2) is 5.69 Å². The van der Waals surface area contributed by atoms with Gasteiger partial charge in [0.2, 0.25) is 0 Å². The van der Waals surface area contributed by atoms with Crippen LogP contribution in [0.15, 0.2) is 21.8 Å². The fraction of sp³-hybridized carbons (Fsp3) is 0.579. The monoisotopic (exact) mass is 445 g/mol. The van der Waals surface area contributed by atoms with Crippen molar-refractivity contribution in [1.29, 1.82) is 0 Å². The lowest BCUT2D eigenvalue weighted by Crippen LogP contribution is -2.30. The molecule has 2 fully saturated rings. The van der Waals surface area contributed by atoms with E-state index in [9.17, 15) is 27.6 Å². The summed E-state index contributed by atoms with van der Waals surface area (Å²) < 4.78 is 45.5. The van der Waals surface area contributed by atoms with Crippen molar-refractivity contribution < 1.29 is 27.5 Å². The lowest BCUT2D eigenvalue weighted by Gasteiger charge is -2.27. The number of hydrogen-bond donors (Lipinski definition) is 1. The normalized spacial score (nSPS) is 23.8. The molecule has 11 heteroatoms. The molecule has 0 unspecified atom stereocenters. The van der Waals surface area contributed by atoms with E-state index in [0.29, 0.717) is 11.0 Å². The summed E-state index contributed by atoms with van der Waals surface area (Å²) in [7, 11) is 0. The zero-order valence-electron chi connectivity index (χ0n) is 16.3. The van der Waals surface area contributed by atoms with Gasteiger partial charge >= 0.3 is 6.18 Å². The van der Waals surface area contributed by atoms with Crippen LogP contribution in [0.4, 0.5) is 18.0 Å². The molecule has 2 amide bonds. The van der Waals surface area contributed by atoms with Crippen LogP contribution >= 0.6 is 11.8 Å². The molecular formula is C19H22F3N3O4S. The van der Waals surface area contributed by atoms with E-state index in [1.165, 1.54) is 4.57 Å². The number of amides is 2. The summed E-state index contributed by atoms with van der Waals surface area (Å²) in [5.74, 6) is -0.0845. The van der Waals surface area contributed by atoms with Crippen molar-refractivity contribution >= 4 is 22.9 Å². The zero-order chi connectivity index (χ0) is 21.9. The van der Waals surface area contributed by atoms with Crippen LogP contribution in [0.3, 0.4) is 0 Å². The number of allylic oxidation sites excluding steroid dienone is 1. The van der Waals surface area contributed by atoms with Gasteiger partial charge < -0.3 is 4.74 Å². The van der Waals surface area contributed by atoms with Crippen LogP contribution in [0.1, 0.15) is 44.1 Å². The van der Waals surface area contributed by atoms with Crippen LogP contribution < -0.4 is 10.9 Å². The van der Waals surface area contributed by atoms with Gasteiger partial charge in [-0.05, 0) is 43.4 Å². The number of halogens is 3. The number of carbonyl (C=O) groups is 2. The highest BCUT2D eigenvalue weighted by molar-refractivity contribution is 8.18. The molecular weight excluding hydrogens is 423 g/mol. The number of hydrogen-bond acceptors (Lipinski definition) is 6. The number of alkyl halides is 3. The summed E-state index contributed by atoms with van der Waals surface area (Å²) in [5.41, 5.74) is -1.92. The van der Waals surface area contributed by atoms with Gasteiger partial charge in [-0.15, -0.1) is 0 Å². The van der Waals surface area contributed by atoms with Gasteiger partial charge in [0, 0.05) is 12.5 Å². The number of aromatic nitrogens is 2. The largest absolute Gasteiger partial charge is 0.433 e. The van der Waals surface area contributed by atoms with Crippen LogP contribution in [0, 0.1) is 5.92 Å². The van der Waals surface area contributed by atoms with E-state index in [4.69, 9.17) is 4.74 Å². The van der Waals surface area contributed by atoms with Crippen LogP contribution in [0.2, 0.25) is 0 Å². The van der Waals surface area contributed by atoms with Crippen LogP contribution in [-0.4, -0.2) is 33.4 Å². The fourth-order valence-corrected chi connectivity index (χ4v) is 4.34. The Bertz CT molecular complexity index is 905. The lowest BCUT2D eigenvalue weighted by atomic mass is 9.87. The van der Waals surface area contributed by atoms with Gasteiger partial charge in [0.25, 0.3) is 16.7 Å². The summed E-state index contributed by atoms with van der Waals surface area (Å²) in [6.45, 7) is 1.98. The summed E-state index contributed by atoms with van der Waals surface area (Å²) in [5, 5.41) is 1.87. The first kappa shape index (κ1) is 22.5. The molecule has 1 aliphatic heterocycles. The Labute approximate surface area is 175 Å². The summed E-state index contributed by atoms with van der Waals surface area (Å²) >= 11 is 0.908. The SMILES string of the molecule is CCc1nc(C(F)(F)F)cc(=O)n1CCOC1CCC(/C=C2/SC(=O)NC2=O)CC1. The van der Waals surface area contributed by atoms with E-state index in [1.807, 2.05) is 6.08 Å². The minimum Gasteiger partial charge on any atom is -0.376 e. The molecule has 1 saturated heterocycles. The topological polar surface area (TPSA) is 90.3 Å². The average molecular weight is 445 g/mol. The molecule has 1 aromatic rings. The van der Waals surface area contributed by atoms with Crippen molar-refractivity contribution in [2.24, 2.45) is 5.92 Å². The second kappa shape index (κ2) is 9.34. The molecule has 0 spiro atoms. The summed E-state index contributed by atoms with van der Waals surface area (Å²) in [4.78, 5) is 38.9. The van der Waals surface area contributed by atoms with Crippen molar-refractivity contribution in [3.8, 4) is 0 Å². The minimum atomic E-state index is -4.66. The number of ether oxygens (including phenoxy) is 1. The van der Waals surface area contributed by atoms with Crippen molar-refractivity contribution in [2.75, 3.05) is 6.61 Å². The molecule has 0 radical (unpaired) electrons. The highest BCUT2D eigenvalue weighted by Gasteiger charge is 2.34. The lowest BCUT2D eigenvalue weighted by molar-refractivity contribution is -0.141. The Hall–Kier alpha value is -2.14. The van der Waals surface area contributed by atoms with E-state index in [0.717, 1.165) is 37.4 Å². The Kier molecular flexibility index (Phi) is 7.02. The van der Waals surface area contributed by atoms with Gasteiger partial charge in [-0.2, -0.15) is 13.2 Å². The first-order valence-corrected chi connectivity index (χ1v) is 10.5. The molecule has 0 aromatic carbocycles. The number of nitrogens with zero attached hydrogens (tertiary/aromatic N) is 2. The highest BCUT2D eigenvalue weighted by Crippen LogP contribution is 2.32. The van der Waals surface area contributed by atoms with Crippen molar-refractivity contribution in [1.82, 2.24) is 14.9 Å². The van der Waals surface area contributed by atoms with Gasteiger partial charge in [-0.3, -0.25) is 24.3 Å². The molecule has 164 valence electrons. The van der Waals surface area contributed by atoms with Crippen molar-refractivity contribution in [3.63, 3.8) is 0 Å². The number of nitrogens with one attached hydrogen (secondary N) is 1. The number of carbonyl (C=O) groups excluding carboxylic acids is 2. The smallest absolute Gasteiger partial charge is 0.376 e. The maximum absolute atomic E-state index is 12.8. The van der Waals surface area contributed by atoms with Gasteiger partial charge in [-0.25, -0.2) is 4.98 Å². The predicted molar refractivity (Wildman–Crippen MR) is 104 cm³/mol. The Balaban J connectivity index is 1.51. The van der Waals surface area contributed by atoms with E-state index >= 15 is 0 Å². The van der Waals surface area contributed by atoms with Gasteiger partial charge in [-0.1, -0.05) is 13.0 Å². The summed E-state index contributed by atoms with van der Waals surface area (Å²) in [6, 6.07) is 0.514. The molecule has 2 aliphatic rings. The van der Waals surface area contributed by atoms with E-state index in [2.05, 4.69) is 10.3 Å². The Morgan fingerprint density at radius 3 is 2.53 bits per heavy atom. The van der Waals surface area contributed by atoms with Crippen molar-refractivity contribution in [3.05, 3.63) is 38.9 Å². The van der Waals surface area contributed by atoms with Gasteiger partial charge in [0.1, 0.15) is 5.82 Å². The molecule has 1 saturated carbocycles.